The summed E-state index contributed by atoms with van der Waals surface area (Å²) in [6.07, 6.45) is 0.152. The van der Waals surface area contributed by atoms with Crippen LogP contribution in [0, 0.1) is 0 Å². The third-order valence-corrected chi connectivity index (χ3v) is 3.80. The summed E-state index contributed by atoms with van der Waals surface area (Å²) in [6, 6.07) is 0. The predicted octanol–water partition coefficient (Wildman–Crippen LogP) is -1.70. The third kappa shape index (κ3) is 4.95. The Hall–Kier alpha value is -2.08. The van der Waals surface area contributed by atoms with E-state index in [1.165, 1.54) is 6.21 Å². The van der Waals surface area contributed by atoms with Crippen molar-refractivity contribution in [2.24, 2.45) is 5.10 Å². The number of hydrogen-bond donors (Lipinski definition) is 3. The molecule has 11 nitrogen and oxygen atoms in total. The van der Waals surface area contributed by atoms with Crippen molar-refractivity contribution in [1.82, 2.24) is 15.0 Å². The lowest BCUT2D eigenvalue weighted by molar-refractivity contribution is 0.121. The molecular formula is C14H23N7O4. The molecule has 0 amide bonds. The molecule has 2 fully saturated rings. The van der Waals surface area contributed by atoms with Crippen LogP contribution >= 0.6 is 0 Å². The standard InChI is InChI=1S/C14H23N7O4/c22-10-11(23)9-15-19-12-16-13(20-1-5-24-6-2-20)18-14(17-12)21-3-7-25-8-4-21/h9,11,22-23H,1-8,10H2,(H,16,17,18,19)/b15-9-/t11-/m1/s1. The molecule has 0 aromatic carbocycles. The highest BCUT2D eigenvalue weighted by Gasteiger charge is 2.20. The molecule has 1 atom stereocenters. The van der Waals surface area contributed by atoms with Crippen molar-refractivity contribution in [2.75, 3.05) is 74.4 Å². The summed E-state index contributed by atoms with van der Waals surface area (Å²) in [5.74, 6) is 1.39. The van der Waals surface area contributed by atoms with Gasteiger partial charge in [-0.05, 0) is 0 Å². The zero-order valence-electron chi connectivity index (χ0n) is 13.9. The molecule has 11 heteroatoms. The summed E-state index contributed by atoms with van der Waals surface area (Å²) >= 11 is 0. The van der Waals surface area contributed by atoms with Gasteiger partial charge >= 0.3 is 0 Å². The van der Waals surface area contributed by atoms with E-state index in [-0.39, 0.29) is 5.95 Å². The van der Waals surface area contributed by atoms with E-state index in [1.807, 2.05) is 9.80 Å². The lowest BCUT2D eigenvalue weighted by Gasteiger charge is -2.30. The van der Waals surface area contributed by atoms with E-state index in [1.54, 1.807) is 0 Å². The molecule has 2 saturated heterocycles. The van der Waals surface area contributed by atoms with Gasteiger partial charge in [-0.2, -0.15) is 20.1 Å². The first-order chi connectivity index (χ1) is 12.3. The first-order valence-corrected chi connectivity index (χ1v) is 8.26. The Balaban J connectivity index is 1.80. The number of aliphatic hydroxyl groups excluding tert-OH is 2. The number of aliphatic hydroxyl groups is 2. The van der Waals surface area contributed by atoms with Crippen molar-refractivity contribution in [3.63, 3.8) is 0 Å². The van der Waals surface area contributed by atoms with Crippen LogP contribution in [0.3, 0.4) is 0 Å². The maximum Gasteiger partial charge on any atom is 0.250 e. The van der Waals surface area contributed by atoms with Gasteiger partial charge in [-0.15, -0.1) is 0 Å². The number of ether oxygens (including phenoxy) is 2. The summed E-state index contributed by atoms with van der Waals surface area (Å²) in [6.45, 7) is 4.93. The Morgan fingerprint density at radius 3 is 2.00 bits per heavy atom. The van der Waals surface area contributed by atoms with Gasteiger partial charge in [0.15, 0.2) is 0 Å². The van der Waals surface area contributed by atoms with Gasteiger partial charge < -0.3 is 29.5 Å². The van der Waals surface area contributed by atoms with Crippen LogP contribution in [0.15, 0.2) is 5.10 Å². The van der Waals surface area contributed by atoms with Gasteiger partial charge in [-0.1, -0.05) is 0 Å². The van der Waals surface area contributed by atoms with E-state index in [0.717, 1.165) is 0 Å². The summed E-state index contributed by atoms with van der Waals surface area (Å²) in [4.78, 5) is 17.4. The number of anilines is 3. The van der Waals surface area contributed by atoms with Crippen molar-refractivity contribution in [3.05, 3.63) is 0 Å². The fourth-order valence-electron chi connectivity index (χ4n) is 2.44. The van der Waals surface area contributed by atoms with Gasteiger partial charge in [-0.25, -0.2) is 5.43 Å². The van der Waals surface area contributed by atoms with Crippen molar-refractivity contribution in [3.8, 4) is 0 Å². The van der Waals surface area contributed by atoms with Crippen LogP contribution < -0.4 is 15.2 Å². The highest BCUT2D eigenvalue weighted by molar-refractivity contribution is 5.63. The molecule has 2 aliphatic heterocycles. The Labute approximate surface area is 145 Å². The van der Waals surface area contributed by atoms with Gasteiger partial charge in [0.1, 0.15) is 6.10 Å². The molecule has 3 N–H and O–H groups in total. The van der Waals surface area contributed by atoms with Crippen molar-refractivity contribution in [1.29, 1.82) is 0 Å². The minimum absolute atomic E-state index is 0.277. The molecule has 0 radical (unpaired) electrons. The number of morpholine rings is 2. The maximum absolute atomic E-state index is 9.32. The number of hydrazone groups is 1. The summed E-state index contributed by atoms with van der Waals surface area (Å²) in [7, 11) is 0. The number of rotatable bonds is 6. The largest absolute Gasteiger partial charge is 0.393 e. The van der Waals surface area contributed by atoms with Crippen LogP contribution in [0.5, 0.6) is 0 Å². The quantitative estimate of drug-likeness (QED) is 0.402. The average Bonchev–Trinajstić information content (AvgIpc) is 2.69. The second kappa shape index (κ2) is 8.85. The summed E-state index contributed by atoms with van der Waals surface area (Å²) in [5, 5.41) is 22.0. The molecule has 1 aromatic rings. The van der Waals surface area contributed by atoms with Crippen LogP contribution in [0.2, 0.25) is 0 Å². The van der Waals surface area contributed by atoms with E-state index < -0.39 is 12.7 Å². The lowest BCUT2D eigenvalue weighted by Crippen LogP contribution is -2.40. The van der Waals surface area contributed by atoms with Gasteiger partial charge in [0.2, 0.25) is 17.8 Å². The molecule has 2 aliphatic rings. The lowest BCUT2D eigenvalue weighted by atomic mass is 10.4. The van der Waals surface area contributed by atoms with Crippen LogP contribution in [0.4, 0.5) is 17.8 Å². The SMILES string of the molecule is OC[C@H](O)/C=N\Nc1nc(N2CCOCC2)nc(N2CCOCC2)n1. The molecule has 3 rings (SSSR count). The normalized spacial score (nSPS) is 20.1. The van der Waals surface area contributed by atoms with Gasteiger partial charge in [-0.3, -0.25) is 0 Å². The number of nitrogens with one attached hydrogen (secondary N) is 1. The smallest absolute Gasteiger partial charge is 0.250 e. The van der Waals surface area contributed by atoms with Crippen molar-refractivity contribution < 1.29 is 19.7 Å². The van der Waals surface area contributed by atoms with Crippen molar-refractivity contribution >= 4 is 24.1 Å². The Morgan fingerprint density at radius 2 is 1.52 bits per heavy atom. The van der Waals surface area contributed by atoms with E-state index in [0.29, 0.717) is 64.5 Å². The predicted molar refractivity (Wildman–Crippen MR) is 91.1 cm³/mol. The van der Waals surface area contributed by atoms with Crippen LogP contribution in [0.1, 0.15) is 0 Å². The summed E-state index contributed by atoms with van der Waals surface area (Å²) < 4.78 is 10.7. The molecule has 0 saturated carbocycles. The monoisotopic (exact) mass is 353 g/mol. The van der Waals surface area contributed by atoms with Crippen LogP contribution in [0.25, 0.3) is 0 Å². The van der Waals surface area contributed by atoms with Gasteiger partial charge in [0, 0.05) is 26.2 Å². The zero-order valence-corrected chi connectivity index (χ0v) is 13.9. The van der Waals surface area contributed by atoms with Gasteiger partial charge in [0.05, 0.1) is 39.2 Å². The Morgan fingerprint density at radius 1 is 1.00 bits per heavy atom. The Bertz CT molecular complexity index is 540. The molecule has 0 spiro atoms. The third-order valence-electron chi connectivity index (χ3n) is 3.80. The summed E-state index contributed by atoms with van der Waals surface area (Å²) in [5.41, 5.74) is 2.69. The Kier molecular flexibility index (Phi) is 6.28. The molecule has 3 heterocycles. The number of hydrogen-bond acceptors (Lipinski definition) is 11. The first kappa shape index (κ1) is 17.7. The minimum Gasteiger partial charge on any atom is -0.393 e. The second-order valence-corrected chi connectivity index (χ2v) is 5.60. The topological polar surface area (TPSA) is 128 Å². The molecule has 0 aliphatic carbocycles. The van der Waals surface area contributed by atoms with E-state index >= 15 is 0 Å². The van der Waals surface area contributed by atoms with Gasteiger partial charge in [0.25, 0.3) is 0 Å². The minimum atomic E-state index is -1.04. The second-order valence-electron chi connectivity index (χ2n) is 5.60. The fourth-order valence-corrected chi connectivity index (χ4v) is 2.44. The first-order valence-electron chi connectivity index (χ1n) is 8.26. The molecule has 138 valence electrons. The van der Waals surface area contributed by atoms with E-state index in [2.05, 4.69) is 25.5 Å². The molecule has 0 unspecified atom stereocenters. The highest BCUT2D eigenvalue weighted by atomic mass is 16.5. The van der Waals surface area contributed by atoms with Crippen LogP contribution in [-0.2, 0) is 9.47 Å². The molecule has 25 heavy (non-hydrogen) atoms. The maximum atomic E-state index is 9.32. The van der Waals surface area contributed by atoms with E-state index in [9.17, 15) is 5.11 Å². The molecule has 0 bridgehead atoms. The molecule has 1 aromatic heterocycles. The zero-order chi connectivity index (χ0) is 17.5. The van der Waals surface area contributed by atoms with Crippen molar-refractivity contribution in [2.45, 2.75) is 6.10 Å². The highest BCUT2D eigenvalue weighted by Crippen LogP contribution is 2.18. The number of nitrogens with zero attached hydrogens (tertiary/aromatic N) is 6. The number of aromatic nitrogens is 3. The van der Waals surface area contributed by atoms with E-state index in [4.69, 9.17) is 14.6 Å². The fraction of sp³-hybridized carbons (Fsp3) is 0.714. The molecular weight excluding hydrogens is 330 g/mol. The average molecular weight is 353 g/mol. The van der Waals surface area contributed by atoms with Crippen LogP contribution in [-0.4, -0.2) is 96.7 Å².